The predicted molar refractivity (Wildman–Crippen MR) is 148 cm³/mol. The Morgan fingerprint density at radius 1 is 0.949 bits per heavy atom. The van der Waals surface area contributed by atoms with Gasteiger partial charge in [0.15, 0.2) is 0 Å². The molecule has 0 aromatic heterocycles. The zero-order chi connectivity index (χ0) is 27.7. The van der Waals surface area contributed by atoms with Crippen LogP contribution in [0.5, 0.6) is 5.75 Å². The zero-order valence-electron chi connectivity index (χ0n) is 20.7. The monoisotopic (exact) mass is 565 g/mol. The van der Waals surface area contributed by atoms with Crippen molar-refractivity contribution in [1.82, 2.24) is 9.73 Å². The van der Waals surface area contributed by atoms with E-state index in [1.807, 2.05) is 30.3 Å². The number of rotatable bonds is 11. The van der Waals surface area contributed by atoms with E-state index in [4.69, 9.17) is 16.3 Å². The maximum atomic E-state index is 14.3. The number of benzene rings is 4. The molecule has 0 radical (unpaired) electrons. The van der Waals surface area contributed by atoms with Crippen molar-refractivity contribution in [3.63, 3.8) is 0 Å². The zero-order valence-corrected chi connectivity index (χ0v) is 22.3. The van der Waals surface area contributed by atoms with Gasteiger partial charge in [-0.25, -0.2) is 18.2 Å². The molecule has 0 fully saturated rings. The summed E-state index contributed by atoms with van der Waals surface area (Å²) in [6.07, 6.45) is 1.42. The molecule has 1 N–H and O–H groups in total. The van der Waals surface area contributed by atoms with Crippen LogP contribution in [-0.4, -0.2) is 31.4 Å². The normalized spacial score (nSPS) is 11.6. The first kappa shape index (κ1) is 28.0. The second-order valence-electron chi connectivity index (χ2n) is 8.46. The van der Waals surface area contributed by atoms with Gasteiger partial charge in [-0.2, -0.15) is 9.41 Å². The van der Waals surface area contributed by atoms with Crippen LogP contribution in [0.4, 0.5) is 4.39 Å². The van der Waals surface area contributed by atoms with E-state index in [1.165, 1.54) is 48.7 Å². The SMILES string of the molecule is O=C(CN(Cc1ccccc1F)S(=O)(=O)c1ccc(Cl)cc1)N/N=C\c1cccc(OCc2ccccc2)c1. The topological polar surface area (TPSA) is 88.1 Å². The third-order valence-corrected chi connectivity index (χ3v) is 7.64. The first-order valence-corrected chi connectivity index (χ1v) is 13.7. The molecule has 0 saturated carbocycles. The second kappa shape index (κ2) is 13.1. The number of hydrogen-bond acceptors (Lipinski definition) is 5. The van der Waals surface area contributed by atoms with Crippen LogP contribution in [0.1, 0.15) is 16.7 Å². The second-order valence-corrected chi connectivity index (χ2v) is 10.8. The van der Waals surface area contributed by atoms with Crippen LogP contribution in [0.2, 0.25) is 5.02 Å². The van der Waals surface area contributed by atoms with Crippen LogP contribution in [0.25, 0.3) is 0 Å². The Bertz CT molecular complexity index is 1550. The van der Waals surface area contributed by atoms with Gasteiger partial charge >= 0.3 is 0 Å². The molecule has 10 heteroatoms. The molecule has 39 heavy (non-hydrogen) atoms. The third-order valence-electron chi connectivity index (χ3n) is 5.59. The van der Waals surface area contributed by atoms with Gasteiger partial charge in [0.05, 0.1) is 17.7 Å². The molecule has 0 saturated heterocycles. The first-order chi connectivity index (χ1) is 18.8. The van der Waals surface area contributed by atoms with Crippen LogP contribution in [-0.2, 0) is 28.0 Å². The molecule has 0 atom stereocenters. The summed E-state index contributed by atoms with van der Waals surface area (Å²) in [6.45, 7) is -0.537. The third kappa shape index (κ3) is 7.97. The van der Waals surface area contributed by atoms with Crippen molar-refractivity contribution >= 4 is 33.7 Å². The minimum absolute atomic E-state index is 0.0770. The Balaban J connectivity index is 1.43. The highest BCUT2D eigenvalue weighted by Gasteiger charge is 2.27. The average molecular weight is 566 g/mol. The quantitative estimate of drug-likeness (QED) is 0.195. The average Bonchev–Trinajstić information content (AvgIpc) is 2.94. The Morgan fingerprint density at radius 3 is 2.41 bits per heavy atom. The van der Waals surface area contributed by atoms with E-state index in [2.05, 4.69) is 10.5 Å². The standard InChI is InChI=1S/C29H25ClFN3O4S/c30-25-13-15-27(16-14-25)39(36,37)34(19-24-10-4-5-12-28(24)31)20-29(35)33-32-18-23-9-6-11-26(17-23)38-21-22-7-2-1-3-8-22/h1-18H,19-21H2,(H,33,35)/b32-18-. The van der Waals surface area contributed by atoms with Crippen LogP contribution in [0.3, 0.4) is 0 Å². The van der Waals surface area contributed by atoms with Crippen molar-refractivity contribution in [2.45, 2.75) is 18.0 Å². The molecule has 0 aliphatic heterocycles. The number of halogens is 2. The van der Waals surface area contributed by atoms with Gasteiger partial charge in [0, 0.05) is 17.1 Å². The van der Waals surface area contributed by atoms with Gasteiger partial charge in [-0.05, 0) is 53.6 Å². The number of amides is 1. The highest BCUT2D eigenvalue weighted by Crippen LogP contribution is 2.21. The number of sulfonamides is 1. The molecule has 1 amide bonds. The van der Waals surface area contributed by atoms with Crippen molar-refractivity contribution in [1.29, 1.82) is 0 Å². The fourth-order valence-electron chi connectivity index (χ4n) is 3.60. The lowest BCUT2D eigenvalue weighted by atomic mass is 10.2. The molecule has 0 aliphatic rings. The van der Waals surface area contributed by atoms with Crippen molar-refractivity contribution in [2.75, 3.05) is 6.54 Å². The molecular weight excluding hydrogens is 541 g/mol. The number of hydrogen-bond donors (Lipinski definition) is 1. The molecule has 0 spiro atoms. The van der Waals surface area contributed by atoms with Gasteiger partial charge in [-0.1, -0.05) is 72.3 Å². The van der Waals surface area contributed by atoms with Gasteiger partial charge in [0.25, 0.3) is 5.91 Å². The van der Waals surface area contributed by atoms with E-state index < -0.39 is 28.3 Å². The van der Waals surface area contributed by atoms with Gasteiger partial charge < -0.3 is 4.74 Å². The summed E-state index contributed by atoms with van der Waals surface area (Å²) >= 11 is 5.89. The molecule has 4 aromatic rings. The minimum atomic E-state index is -4.16. The van der Waals surface area contributed by atoms with Gasteiger partial charge in [0.2, 0.25) is 10.0 Å². The molecule has 4 aromatic carbocycles. The van der Waals surface area contributed by atoms with E-state index in [0.29, 0.717) is 22.9 Å². The highest BCUT2D eigenvalue weighted by molar-refractivity contribution is 7.89. The fourth-order valence-corrected chi connectivity index (χ4v) is 5.10. The fraction of sp³-hybridized carbons (Fsp3) is 0.103. The van der Waals surface area contributed by atoms with Crippen LogP contribution in [0.15, 0.2) is 113 Å². The van der Waals surface area contributed by atoms with Crippen molar-refractivity contribution in [3.05, 3.63) is 131 Å². The molecular formula is C29H25ClFN3O4S. The van der Waals surface area contributed by atoms with Crippen molar-refractivity contribution in [2.24, 2.45) is 5.10 Å². The van der Waals surface area contributed by atoms with Gasteiger partial charge in [-0.15, -0.1) is 0 Å². The Hall–Kier alpha value is -4.05. The Kier molecular flexibility index (Phi) is 9.43. The summed E-state index contributed by atoms with van der Waals surface area (Å²) in [5.41, 5.74) is 4.15. The molecule has 0 bridgehead atoms. The lowest BCUT2D eigenvalue weighted by Crippen LogP contribution is -2.39. The van der Waals surface area contributed by atoms with E-state index in [9.17, 15) is 17.6 Å². The summed E-state index contributed by atoms with van der Waals surface area (Å²) in [4.78, 5) is 12.6. The number of carbonyl (C=O) groups excluding carboxylic acids is 1. The van der Waals surface area contributed by atoms with E-state index in [-0.39, 0.29) is 17.0 Å². The number of nitrogens with zero attached hydrogens (tertiary/aromatic N) is 2. The number of carbonyl (C=O) groups is 1. The maximum absolute atomic E-state index is 14.3. The van der Waals surface area contributed by atoms with Crippen LogP contribution < -0.4 is 10.2 Å². The van der Waals surface area contributed by atoms with Gasteiger partial charge in [0.1, 0.15) is 18.2 Å². The molecule has 0 unspecified atom stereocenters. The van der Waals surface area contributed by atoms with Crippen molar-refractivity contribution in [3.8, 4) is 5.75 Å². The largest absolute Gasteiger partial charge is 0.489 e. The minimum Gasteiger partial charge on any atom is -0.489 e. The van der Waals surface area contributed by atoms with Gasteiger partial charge in [-0.3, -0.25) is 4.79 Å². The maximum Gasteiger partial charge on any atom is 0.255 e. The first-order valence-electron chi connectivity index (χ1n) is 11.9. The highest BCUT2D eigenvalue weighted by atomic mass is 35.5. The molecule has 4 rings (SSSR count). The van der Waals surface area contributed by atoms with E-state index in [0.717, 1.165) is 9.87 Å². The molecule has 200 valence electrons. The number of ether oxygens (including phenoxy) is 1. The molecule has 0 aliphatic carbocycles. The van der Waals surface area contributed by atoms with E-state index >= 15 is 0 Å². The molecule has 7 nitrogen and oxygen atoms in total. The lowest BCUT2D eigenvalue weighted by molar-refractivity contribution is -0.121. The summed E-state index contributed by atoms with van der Waals surface area (Å²) in [6, 6.07) is 28.1. The number of nitrogens with one attached hydrogen (secondary N) is 1. The number of hydrazone groups is 1. The smallest absolute Gasteiger partial charge is 0.255 e. The lowest BCUT2D eigenvalue weighted by Gasteiger charge is -2.21. The summed E-state index contributed by atoms with van der Waals surface area (Å²) < 4.78 is 47.7. The Labute approximate surface area is 231 Å². The molecule has 0 heterocycles. The predicted octanol–water partition coefficient (Wildman–Crippen LogP) is 5.40. The summed E-state index contributed by atoms with van der Waals surface area (Å²) in [5, 5.41) is 4.31. The van der Waals surface area contributed by atoms with Crippen molar-refractivity contribution < 1.29 is 22.3 Å². The van der Waals surface area contributed by atoms with Crippen LogP contribution in [0, 0.1) is 5.82 Å². The Morgan fingerprint density at radius 2 is 1.67 bits per heavy atom. The van der Waals surface area contributed by atoms with E-state index in [1.54, 1.807) is 30.3 Å². The van der Waals surface area contributed by atoms with Crippen LogP contribution >= 0.6 is 11.6 Å². The summed E-state index contributed by atoms with van der Waals surface area (Å²) in [7, 11) is -4.16. The summed E-state index contributed by atoms with van der Waals surface area (Å²) in [5.74, 6) is -0.655.